The van der Waals surface area contributed by atoms with Gasteiger partial charge in [0.25, 0.3) is 5.60 Å². The highest BCUT2D eigenvalue weighted by atomic mass is 35.5. The zero-order valence-corrected chi connectivity index (χ0v) is 18.0. The number of amides is 2. The molecule has 0 saturated carbocycles. The van der Waals surface area contributed by atoms with Gasteiger partial charge in [0, 0.05) is 23.5 Å². The molecule has 1 atom stereocenters. The number of nitrogens with one attached hydrogen (secondary N) is 1. The van der Waals surface area contributed by atoms with Gasteiger partial charge in [-0.25, -0.2) is 9.59 Å². The van der Waals surface area contributed by atoms with E-state index in [-0.39, 0.29) is 23.9 Å². The molecule has 0 spiro atoms. The molecule has 2 aromatic carbocycles. The molecule has 2 rings (SSSR count). The van der Waals surface area contributed by atoms with Crippen LogP contribution in [0, 0.1) is 0 Å². The van der Waals surface area contributed by atoms with Gasteiger partial charge in [0.05, 0.1) is 16.7 Å². The van der Waals surface area contributed by atoms with Crippen molar-refractivity contribution < 1.29 is 32.6 Å². The molecule has 0 bridgehead atoms. The summed E-state index contributed by atoms with van der Waals surface area (Å²) in [4.78, 5) is 25.7. The van der Waals surface area contributed by atoms with Gasteiger partial charge >= 0.3 is 18.2 Å². The lowest BCUT2D eigenvalue weighted by atomic mass is 9.93. The van der Waals surface area contributed by atoms with Crippen molar-refractivity contribution in [3.8, 4) is 0 Å². The third-order valence-electron chi connectivity index (χ3n) is 4.31. The molecule has 2 N–H and O–H groups in total. The van der Waals surface area contributed by atoms with Gasteiger partial charge in [0.1, 0.15) is 0 Å². The summed E-state index contributed by atoms with van der Waals surface area (Å²) in [5.41, 5.74) is -3.97. The molecule has 0 saturated heterocycles. The van der Waals surface area contributed by atoms with Crippen LogP contribution in [0.5, 0.6) is 0 Å². The Kier molecular flexibility index (Phi) is 7.80. The molecule has 0 aliphatic carbocycles. The largest absolute Gasteiger partial charge is 0.463 e. The molecule has 0 aliphatic rings. The Bertz CT molecular complexity index is 954. The molecule has 6 nitrogen and oxygen atoms in total. The summed E-state index contributed by atoms with van der Waals surface area (Å²) in [5.74, 6) is -1.83. The molecule has 168 valence electrons. The van der Waals surface area contributed by atoms with E-state index in [2.05, 4.69) is 10.1 Å². The number of esters is 1. The molecular weight excluding hydrogens is 460 g/mol. The zero-order chi connectivity index (χ0) is 23.4. The van der Waals surface area contributed by atoms with E-state index in [0.717, 1.165) is 12.1 Å². The second kappa shape index (κ2) is 9.76. The first kappa shape index (κ1) is 24.8. The van der Waals surface area contributed by atoms with Gasteiger partial charge in [-0.1, -0.05) is 35.3 Å². The van der Waals surface area contributed by atoms with Crippen molar-refractivity contribution in [1.82, 2.24) is 0 Å². The van der Waals surface area contributed by atoms with Crippen molar-refractivity contribution in [2.75, 3.05) is 23.4 Å². The standard InChI is InChI=1S/C20H19Cl2F3N2O4/c1-3-27(18(29)26-13-7-10-15(21)16(22)11-13)14-8-5-12(6-9-14)19(30,20(23,24)25)17(28)31-4-2/h5-11,30H,3-4H2,1-2H3,(H,26,29)/t19-/m1/s1. The summed E-state index contributed by atoms with van der Waals surface area (Å²) < 4.78 is 44.8. The predicted molar refractivity (Wildman–Crippen MR) is 112 cm³/mol. The highest BCUT2D eigenvalue weighted by Crippen LogP contribution is 2.40. The normalized spacial score (nSPS) is 13.3. The van der Waals surface area contributed by atoms with Crippen LogP contribution in [0.15, 0.2) is 42.5 Å². The topological polar surface area (TPSA) is 78.9 Å². The van der Waals surface area contributed by atoms with Crippen LogP contribution < -0.4 is 10.2 Å². The molecule has 0 heterocycles. The number of benzene rings is 2. The number of urea groups is 1. The summed E-state index contributed by atoms with van der Waals surface area (Å²) in [5, 5.41) is 13.3. The van der Waals surface area contributed by atoms with Crippen LogP contribution in [0.2, 0.25) is 10.0 Å². The lowest BCUT2D eigenvalue weighted by molar-refractivity contribution is -0.267. The Balaban J connectivity index is 2.31. The molecule has 0 unspecified atom stereocenters. The number of ether oxygens (including phenoxy) is 1. The van der Waals surface area contributed by atoms with E-state index in [1.54, 1.807) is 6.92 Å². The maximum absolute atomic E-state index is 13.5. The van der Waals surface area contributed by atoms with E-state index in [4.69, 9.17) is 23.2 Å². The lowest BCUT2D eigenvalue weighted by Gasteiger charge is -2.29. The SMILES string of the molecule is CCOC(=O)[C@](O)(c1ccc(N(CC)C(=O)Nc2ccc(Cl)c(Cl)c2)cc1)C(F)(F)F. The minimum absolute atomic E-state index is 0.175. The van der Waals surface area contributed by atoms with Crippen molar-refractivity contribution in [3.63, 3.8) is 0 Å². The van der Waals surface area contributed by atoms with Gasteiger partial charge < -0.3 is 15.2 Å². The van der Waals surface area contributed by atoms with Crippen molar-refractivity contribution in [3.05, 3.63) is 58.1 Å². The fourth-order valence-corrected chi connectivity index (χ4v) is 3.02. The first-order valence-electron chi connectivity index (χ1n) is 9.06. The van der Waals surface area contributed by atoms with Gasteiger partial charge in [0.2, 0.25) is 0 Å². The Morgan fingerprint density at radius 3 is 2.16 bits per heavy atom. The number of carbonyl (C=O) groups is 2. The molecule has 0 aliphatic heterocycles. The van der Waals surface area contributed by atoms with E-state index >= 15 is 0 Å². The Hall–Kier alpha value is -2.49. The summed E-state index contributed by atoms with van der Waals surface area (Å²) in [7, 11) is 0. The highest BCUT2D eigenvalue weighted by Gasteiger charge is 2.62. The highest BCUT2D eigenvalue weighted by molar-refractivity contribution is 6.42. The monoisotopic (exact) mass is 478 g/mol. The minimum atomic E-state index is -5.31. The zero-order valence-electron chi connectivity index (χ0n) is 16.5. The maximum Gasteiger partial charge on any atom is 0.432 e. The Labute approximate surface area is 186 Å². The number of halogens is 5. The lowest BCUT2D eigenvalue weighted by Crippen LogP contribution is -2.50. The molecule has 0 fully saturated rings. The summed E-state index contributed by atoms with van der Waals surface area (Å²) in [6, 6.07) is 8.09. The molecule has 0 aromatic heterocycles. The van der Waals surface area contributed by atoms with Gasteiger partial charge in [-0.05, 0) is 44.2 Å². The predicted octanol–water partition coefficient (Wildman–Crippen LogP) is 5.36. The molecule has 2 aromatic rings. The van der Waals surface area contributed by atoms with Crippen LogP contribution in [0.1, 0.15) is 19.4 Å². The molecule has 31 heavy (non-hydrogen) atoms. The number of aliphatic hydroxyl groups is 1. The quantitative estimate of drug-likeness (QED) is 0.547. The van der Waals surface area contributed by atoms with E-state index < -0.39 is 29.3 Å². The number of anilines is 2. The van der Waals surface area contributed by atoms with E-state index in [0.29, 0.717) is 10.7 Å². The van der Waals surface area contributed by atoms with Crippen LogP contribution in [-0.2, 0) is 15.1 Å². The number of nitrogens with zero attached hydrogens (tertiary/aromatic N) is 1. The first-order valence-corrected chi connectivity index (χ1v) is 9.81. The molecule has 0 radical (unpaired) electrons. The summed E-state index contributed by atoms with van der Waals surface area (Å²) in [6.45, 7) is 2.82. The van der Waals surface area contributed by atoms with Crippen molar-refractivity contribution in [2.24, 2.45) is 0 Å². The summed E-state index contributed by atoms with van der Waals surface area (Å²) >= 11 is 11.8. The maximum atomic E-state index is 13.5. The van der Waals surface area contributed by atoms with Gasteiger partial charge in [-0.15, -0.1) is 0 Å². The smallest absolute Gasteiger partial charge is 0.432 e. The number of carbonyl (C=O) groups excluding carboxylic acids is 2. The van der Waals surface area contributed by atoms with Crippen molar-refractivity contribution in [2.45, 2.75) is 25.6 Å². The summed E-state index contributed by atoms with van der Waals surface area (Å²) in [6.07, 6.45) is -5.31. The van der Waals surface area contributed by atoms with E-state index in [9.17, 15) is 27.9 Å². The minimum Gasteiger partial charge on any atom is -0.463 e. The Morgan fingerprint density at radius 2 is 1.68 bits per heavy atom. The van der Waals surface area contributed by atoms with E-state index in [1.807, 2.05) is 0 Å². The van der Waals surface area contributed by atoms with Crippen LogP contribution in [0.3, 0.4) is 0 Å². The second-order valence-corrected chi connectivity index (χ2v) is 7.09. The van der Waals surface area contributed by atoms with Crippen molar-refractivity contribution in [1.29, 1.82) is 0 Å². The molecular formula is C20H19Cl2F3N2O4. The van der Waals surface area contributed by atoms with Gasteiger partial charge in [-0.2, -0.15) is 13.2 Å². The van der Waals surface area contributed by atoms with Crippen LogP contribution in [-0.4, -0.2) is 36.4 Å². The van der Waals surface area contributed by atoms with E-state index in [1.165, 1.54) is 42.2 Å². The van der Waals surface area contributed by atoms with Crippen LogP contribution >= 0.6 is 23.2 Å². The average molecular weight is 479 g/mol. The third-order valence-corrected chi connectivity index (χ3v) is 5.05. The van der Waals surface area contributed by atoms with Crippen LogP contribution in [0.4, 0.5) is 29.3 Å². The third kappa shape index (κ3) is 5.23. The number of hydrogen-bond acceptors (Lipinski definition) is 4. The fraction of sp³-hybridized carbons (Fsp3) is 0.300. The average Bonchev–Trinajstić information content (AvgIpc) is 2.70. The van der Waals surface area contributed by atoms with Gasteiger partial charge in [-0.3, -0.25) is 4.90 Å². The molecule has 2 amide bonds. The number of hydrogen-bond donors (Lipinski definition) is 2. The van der Waals surface area contributed by atoms with Crippen LogP contribution in [0.25, 0.3) is 0 Å². The number of alkyl halides is 3. The van der Waals surface area contributed by atoms with Crippen molar-refractivity contribution >= 4 is 46.6 Å². The fourth-order valence-electron chi connectivity index (χ4n) is 2.72. The molecule has 11 heteroatoms. The Morgan fingerprint density at radius 1 is 1.06 bits per heavy atom. The van der Waals surface area contributed by atoms with Gasteiger partial charge in [0.15, 0.2) is 0 Å². The second-order valence-electron chi connectivity index (χ2n) is 6.28. The number of rotatable bonds is 6. The first-order chi connectivity index (χ1) is 14.4.